The number of hydrogen-bond acceptors (Lipinski definition) is 4. The van der Waals surface area contributed by atoms with Crippen molar-refractivity contribution in [1.29, 1.82) is 5.26 Å². The highest BCUT2D eigenvalue weighted by Crippen LogP contribution is 2.11. The lowest BCUT2D eigenvalue weighted by Gasteiger charge is -2.03. The summed E-state index contributed by atoms with van der Waals surface area (Å²) in [4.78, 5) is 10.6. The first kappa shape index (κ1) is 10.8. The minimum atomic E-state index is -0.942. The molecule has 0 aliphatic heterocycles. The maximum atomic E-state index is 10.6. The molecule has 17 heavy (non-hydrogen) atoms. The Bertz CT molecular complexity index is 580. The molecule has 0 fully saturated rings. The van der Waals surface area contributed by atoms with Crippen molar-refractivity contribution < 1.29 is 9.90 Å². The van der Waals surface area contributed by atoms with Gasteiger partial charge in [0.15, 0.2) is 0 Å². The monoisotopic (exact) mass is 228 g/mol. The number of benzene rings is 1. The predicted octanol–water partition coefficient (Wildman–Crippen LogP) is 0.766. The highest BCUT2D eigenvalue weighted by Gasteiger charge is 2.09. The van der Waals surface area contributed by atoms with Gasteiger partial charge in [0.25, 0.3) is 0 Å². The van der Waals surface area contributed by atoms with Crippen molar-refractivity contribution in [2.75, 3.05) is 0 Å². The number of nitriles is 1. The molecule has 0 unspecified atom stereocenters. The molecule has 0 saturated heterocycles. The van der Waals surface area contributed by atoms with Crippen LogP contribution in [0.5, 0.6) is 0 Å². The van der Waals surface area contributed by atoms with E-state index in [0.717, 1.165) is 0 Å². The maximum Gasteiger partial charge on any atom is 0.309 e. The quantitative estimate of drug-likeness (QED) is 0.837. The molecule has 0 radical (unpaired) electrons. The van der Waals surface area contributed by atoms with Gasteiger partial charge in [-0.25, -0.2) is 4.68 Å². The fraction of sp³-hybridized carbons (Fsp3) is 0.0909. The lowest BCUT2D eigenvalue weighted by molar-refractivity contribution is -0.136. The van der Waals surface area contributed by atoms with E-state index in [0.29, 0.717) is 16.9 Å². The van der Waals surface area contributed by atoms with Crippen LogP contribution in [0.4, 0.5) is 0 Å². The maximum absolute atomic E-state index is 10.6. The van der Waals surface area contributed by atoms with Gasteiger partial charge < -0.3 is 5.11 Å². The summed E-state index contributed by atoms with van der Waals surface area (Å²) in [6.45, 7) is 0. The number of carbonyl (C=O) groups is 1. The van der Waals surface area contributed by atoms with Crippen LogP contribution in [0, 0.1) is 11.3 Å². The first-order valence-corrected chi connectivity index (χ1v) is 4.82. The van der Waals surface area contributed by atoms with Crippen molar-refractivity contribution in [2.45, 2.75) is 6.42 Å². The highest BCUT2D eigenvalue weighted by atomic mass is 16.4. The van der Waals surface area contributed by atoms with Gasteiger partial charge >= 0.3 is 5.97 Å². The molecule has 0 atom stereocenters. The molecule has 2 aromatic rings. The third-order valence-corrected chi connectivity index (χ3v) is 2.19. The van der Waals surface area contributed by atoms with Gasteiger partial charge in [0.05, 0.1) is 35.6 Å². The minimum absolute atomic E-state index is 0.146. The van der Waals surface area contributed by atoms with E-state index < -0.39 is 5.97 Å². The number of aromatic nitrogens is 3. The van der Waals surface area contributed by atoms with Crippen LogP contribution in [0.1, 0.15) is 11.3 Å². The van der Waals surface area contributed by atoms with E-state index in [4.69, 9.17) is 10.4 Å². The number of nitrogens with zero attached hydrogens (tertiary/aromatic N) is 4. The third kappa shape index (κ3) is 2.29. The Balaban J connectivity index is 2.36. The van der Waals surface area contributed by atoms with Crippen LogP contribution in [0.2, 0.25) is 0 Å². The van der Waals surface area contributed by atoms with Gasteiger partial charge in [-0.15, -0.1) is 5.10 Å². The summed E-state index contributed by atoms with van der Waals surface area (Å²) >= 11 is 0. The van der Waals surface area contributed by atoms with E-state index in [1.165, 1.54) is 10.9 Å². The van der Waals surface area contributed by atoms with Crippen molar-refractivity contribution in [3.8, 4) is 11.8 Å². The lowest BCUT2D eigenvalue weighted by atomic mass is 10.2. The molecule has 0 aliphatic rings. The Morgan fingerprint density at radius 1 is 1.41 bits per heavy atom. The van der Waals surface area contributed by atoms with Crippen LogP contribution in [-0.2, 0) is 11.2 Å². The summed E-state index contributed by atoms with van der Waals surface area (Å²) in [7, 11) is 0. The normalized spacial score (nSPS) is 9.82. The molecule has 84 valence electrons. The zero-order valence-corrected chi connectivity index (χ0v) is 8.74. The van der Waals surface area contributed by atoms with Gasteiger partial charge in [-0.05, 0) is 24.3 Å². The molecular formula is C11H8N4O2. The van der Waals surface area contributed by atoms with E-state index in [-0.39, 0.29) is 6.42 Å². The lowest BCUT2D eigenvalue weighted by Crippen LogP contribution is -2.07. The fourth-order valence-corrected chi connectivity index (χ4v) is 1.43. The SMILES string of the molecule is N#Cc1ccc(-n2nncc2CC(=O)O)cc1. The Labute approximate surface area is 96.7 Å². The Morgan fingerprint density at radius 2 is 2.12 bits per heavy atom. The zero-order valence-electron chi connectivity index (χ0n) is 8.74. The molecule has 2 rings (SSSR count). The third-order valence-electron chi connectivity index (χ3n) is 2.19. The largest absolute Gasteiger partial charge is 0.481 e. The molecule has 1 N–H and O–H groups in total. The Morgan fingerprint density at radius 3 is 2.71 bits per heavy atom. The predicted molar refractivity (Wildman–Crippen MR) is 57.4 cm³/mol. The van der Waals surface area contributed by atoms with Crippen LogP contribution in [0.25, 0.3) is 5.69 Å². The van der Waals surface area contributed by atoms with E-state index in [1.807, 2.05) is 6.07 Å². The minimum Gasteiger partial charge on any atom is -0.481 e. The molecule has 0 aliphatic carbocycles. The van der Waals surface area contributed by atoms with Crippen LogP contribution in [0.15, 0.2) is 30.5 Å². The van der Waals surface area contributed by atoms with E-state index in [9.17, 15) is 4.79 Å². The second kappa shape index (κ2) is 4.45. The highest BCUT2D eigenvalue weighted by molar-refractivity contribution is 5.69. The zero-order chi connectivity index (χ0) is 12.3. The Hall–Kier alpha value is -2.68. The molecule has 1 heterocycles. The van der Waals surface area contributed by atoms with Crippen molar-refractivity contribution in [2.24, 2.45) is 0 Å². The van der Waals surface area contributed by atoms with Gasteiger partial charge in [0.1, 0.15) is 0 Å². The van der Waals surface area contributed by atoms with Crippen LogP contribution in [0.3, 0.4) is 0 Å². The molecule has 1 aromatic heterocycles. The summed E-state index contributed by atoms with van der Waals surface area (Å²) in [5, 5.41) is 24.9. The van der Waals surface area contributed by atoms with Crippen LogP contribution in [-0.4, -0.2) is 26.1 Å². The fourth-order valence-electron chi connectivity index (χ4n) is 1.43. The molecule has 0 amide bonds. The average Bonchev–Trinajstić information content (AvgIpc) is 2.76. The van der Waals surface area contributed by atoms with E-state index in [1.54, 1.807) is 24.3 Å². The smallest absolute Gasteiger partial charge is 0.309 e. The topological polar surface area (TPSA) is 91.8 Å². The van der Waals surface area contributed by atoms with Crippen molar-refractivity contribution in [3.05, 3.63) is 41.7 Å². The molecule has 0 spiro atoms. The van der Waals surface area contributed by atoms with Crippen LogP contribution >= 0.6 is 0 Å². The number of aliphatic carboxylic acids is 1. The van der Waals surface area contributed by atoms with E-state index in [2.05, 4.69) is 10.3 Å². The molecule has 6 nitrogen and oxygen atoms in total. The average molecular weight is 228 g/mol. The second-order valence-corrected chi connectivity index (χ2v) is 3.37. The first-order valence-electron chi connectivity index (χ1n) is 4.82. The molecule has 0 bridgehead atoms. The van der Waals surface area contributed by atoms with Gasteiger partial charge in [0, 0.05) is 0 Å². The van der Waals surface area contributed by atoms with Gasteiger partial charge in [-0.1, -0.05) is 5.21 Å². The number of rotatable bonds is 3. The standard InChI is InChI=1S/C11H8N4O2/c12-6-8-1-3-9(4-2-8)15-10(5-11(16)17)7-13-14-15/h1-4,7H,5H2,(H,16,17). The molecular weight excluding hydrogens is 220 g/mol. The van der Waals surface area contributed by atoms with Gasteiger partial charge in [-0.2, -0.15) is 5.26 Å². The van der Waals surface area contributed by atoms with Gasteiger partial charge in [0.2, 0.25) is 0 Å². The van der Waals surface area contributed by atoms with Crippen molar-refractivity contribution >= 4 is 5.97 Å². The van der Waals surface area contributed by atoms with E-state index >= 15 is 0 Å². The summed E-state index contributed by atoms with van der Waals surface area (Å²) < 4.78 is 1.44. The summed E-state index contributed by atoms with van der Waals surface area (Å²) in [5.74, 6) is -0.942. The Kier molecular flexibility index (Phi) is 2.83. The summed E-state index contributed by atoms with van der Waals surface area (Å²) in [6.07, 6.45) is 1.26. The van der Waals surface area contributed by atoms with Crippen LogP contribution < -0.4 is 0 Å². The van der Waals surface area contributed by atoms with Gasteiger partial charge in [-0.3, -0.25) is 4.79 Å². The summed E-state index contributed by atoms with van der Waals surface area (Å²) in [6, 6.07) is 8.67. The first-order chi connectivity index (χ1) is 8.20. The number of hydrogen-bond donors (Lipinski definition) is 1. The molecule has 1 aromatic carbocycles. The summed E-state index contributed by atoms with van der Waals surface area (Å²) in [5.41, 5.74) is 1.70. The van der Waals surface area contributed by atoms with Crippen molar-refractivity contribution in [3.63, 3.8) is 0 Å². The number of carboxylic acid groups (broad SMARTS) is 1. The van der Waals surface area contributed by atoms with Crippen molar-refractivity contribution in [1.82, 2.24) is 15.0 Å². The number of carboxylic acids is 1. The molecule has 0 saturated carbocycles. The second-order valence-electron chi connectivity index (χ2n) is 3.37. The molecule has 6 heteroatoms.